The molecule has 4 rings (SSSR count). The molecule has 0 saturated heterocycles. The van der Waals surface area contributed by atoms with E-state index in [1.165, 1.54) is 16.3 Å². The molecule has 1 amide bonds. The smallest absolute Gasteiger partial charge is 0.266 e. The van der Waals surface area contributed by atoms with Gasteiger partial charge in [0.25, 0.3) is 11.5 Å². The number of aromatic nitrogens is 2. The zero-order chi connectivity index (χ0) is 24.1. The Labute approximate surface area is 209 Å². The Kier molecular flexibility index (Phi) is 7.44. The molecule has 1 aromatic heterocycles. The molecular formula is C25H21BrN4O3S. The van der Waals surface area contributed by atoms with Crippen LogP contribution in [-0.2, 0) is 4.79 Å². The summed E-state index contributed by atoms with van der Waals surface area (Å²) in [7, 11) is 1.60. The van der Waals surface area contributed by atoms with E-state index in [0.29, 0.717) is 33.2 Å². The maximum Gasteiger partial charge on any atom is 0.266 e. The van der Waals surface area contributed by atoms with Crippen molar-refractivity contribution in [3.63, 3.8) is 0 Å². The summed E-state index contributed by atoms with van der Waals surface area (Å²) in [5.41, 5.74) is 5.11. The number of thioether (sulfide) groups is 1. The molecule has 0 saturated carbocycles. The number of benzene rings is 3. The molecule has 0 spiro atoms. The second-order valence-corrected chi connectivity index (χ2v) is 9.14. The van der Waals surface area contributed by atoms with Gasteiger partial charge in [-0.3, -0.25) is 14.2 Å². The van der Waals surface area contributed by atoms with Crippen LogP contribution in [0.15, 0.2) is 92.3 Å². The number of nitrogens with zero attached hydrogens (tertiary/aromatic N) is 3. The Morgan fingerprint density at radius 2 is 1.88 bits per heavy atom. The standard InChI is InChI=1S/C25H21BrN4O3S/c1-16(17-6-5-7-20(14-17)33-2)28-29-23(31)15-34-25-27-22-9-4-3-8-21(22)24(32)30(25)19-12-10-18(26)11-13-19/h3-14H,15H2,1-2H3,(H,29,31)/b28-16-. The topological polar surface area (TPSA) is 85.6 Å². The maximum atomic E-state index is 13.3. The fraction of sp³-hybridized carbons (Fsp3) is 0.120. The number of nitrogens with one attached hydrogen (secondary N) is 1. The molecule has 1 N–H and O–H groups in total. The summed E-state index contributed by atoms with van der Waals surface area (Å²) in [4.78, 5) is 30.5. The zero-order valence-corrected chi connectivity index (χ0v) is 20.9. The van der Waals surface area contributed by atoms with Crippen LogP contribution < -0.4 is 15.7 Å². The highest BCUT2D eigenvalue weighted by molar-refractivity contribution is 9.10. The lowest BCUT2D eigenvalue weighted by Gasteiger charge is -2.13. The number of para-hydroxylation sites is 1. The van der Waals surface area contributed by atoms with Crippen LogP contribution in [-0.4, -0.2) is 34.0 Å². The summed E-state index contributed by atoms with van der Waals surface area (Å²) < 4.78 is 7.65. The Morgan fingerprint density at radius 3 is 2.65 bits per heavy atom. The number of fused-ring (bicyclic) bond motifs is 1. The van der Waals surface area contributed by atoms with Gasteiger partial charge in [-0.25, -0.2) is 10.4 Å². The zero-order valence-electron chi connectivity index (χ0n) is 18.5. The molecule has 9 heteroatoms. The fourth-order valence-electron chi connectivity index (χ4n) is 3.25. The van der Waals surface area contributed by atoms with Gasteiger partial charge in [0, 0.05) is 10.0 Å². The van der Waals surface area contributed by atoms with Crippen LogP contribution >= 0.6 is 27.7 Å². The first kappa shape index (κ1) is 23.7. The molecule has 0 aliphatic heterocycles. The number of carbonyl (C=O) groups excluding carboxylic acids is 1. The van der Waals surface area contributed by atoms with Crippen molar-refractivity contribution in [2.75, 3.05) is 12.9 Å². The maximum absolute atomic E-state index is 13.3. The molecule has 0 fully saturated rings. The van der Waals surface area contributed by atoms with Gasteiger partial charge in [0.1, 0.15) is 5.75 Å². The van der Waals surface area contributed by atoms with Crippen molar-refractivity contribution < 1.29 is 9.53 Å². The first-order valence-electron chi connectivity index (χ1n) is 10.3. The van der Waals surface area contributed by atoms with Crippen LogP contribution in [0.4, 0.5) is 0 Å². The van der Waals surface area contributed by atoms with Crippen LogP contribution in [0.1, 0.15) is 12.5 Å². The van der Waals surface area contributed by atoms with Gasteiger partial charge >= 0.3 is 0 Å². The average molecular weight is 537 g/mol. The molecule has 0 unspecified atom stereocenters. The normalized spacial score (nSPS) is 11.4. The molecule has 0 bridgehead atoms. The van der Waals surface area contributed by atoms with E-state index in [4.69, 9.17) is 4.74 Å². The summed E-state index contributed by atoms with van der Waals surface area (Å²) in [6.07, 6.45) is 0. The highest BCUT2D eigenvalue weighted by atomic mass is 79.9. The molecular weight excluding hydrogens is 516 g/mol. The van der Waals surface area contributed by atoms with Crippen molar-refractivity contribution in [1.82, 2.24) is 15.0 Å². The Bertz CT molecular complexity index is 1430. The average Bonchev–Trinajstić information content (AvgIpc) is 2.87. The quantitative estimate of drug-likeness (QED) is 0.159. The van der Waals surface area contributed by atoms with Crippen LogP contribution in [0.2, 0.25) is 0 Å². The van der Waals surface area contributed by atoms with Crippen LogP contribution in [0.5, 0.6) is 5.75 Å². The van der Waals surface area contributed by atoms with Gasteiger partial charge in [0.05, 0.1) is 35.2 Å². The highest BCUT2D eigenvalue weighted by Crippen LogP contribution is 2.22. The van der Waals surface area contributed by atoms with Gasteiger partial charge in [-0.05, 0) is 55.5 Å². The van der Waals surface area contributed by atoms with Crippen molar-refractivity contribution in [2.45, 2.75) is 12.1 Å². The molecule has 3 aromatic carbocycles. The molecule has 0 atom stereocenters. The Hall–Kier alpha value is -3.43. The number of amides is 1. The van der Waals surface area contributed by atoms with Crippen molar-refractivity contribution >= 4 is 50.2 Å². The highest BCUT2D eigenvalue weighted by Gasteiger charge is 2.15. The number of methoxy groups -OCH3 is 1. The summed E-state index contributed by atoms with van der Waals surface area (Å²) in [6, 6.07) is 22.0. The van der Waals surface area contributed by atoms with Gasteiger partial charge in [-0.1, -0.05) is 52.0 Å². The number of ether oxygens (including phenoxy) is 1. The molecule has 0 aliphatic carbocycles. The number of hydrogen-bond acceptors (Lipinski definition) is 6. The van der Waals surface area contributed by atoms with E-state index >= 15 is 0 Å². The third kappa shape index (κ3) is 5.37. The van der Waals surface area contributed by atoms with E-state index in [9.17, 15) is 9.59 Å². The van der Waals surface area contributed by atoms with Crippen molar-refractivity contribution in [2.24, 2.45) is 5.10 Å². The first-order valence-corrected chi connectivity index (χ1v) is 12.1. The minimum absolute atomic E-state index is 0.0379. The predicted octanol–water partition coefficient (Wildman–Crippen LogP) is 4.79. The van der Waals surface area contributed by atoms with Gasteiger partial charge in [0.2, 0.25) is 0 Å². The molecule has 0 aliphatic rings. The minimum Gasteiger partial charge on any atom is -0.497 e. The minimum atomic E-state index is -0.308. The molecule has 172 valence electrons. The largest absolute Gasteiger partial charge is 0.497 e. The number of rotatable bonds is 7. The first-order chi connectivity index (χ1) is 16.5. The SMILES string of the molecule is COc1cccc(/C(C)=N\NC(=O)CSc2nc3ccccc3c(=O)n2-c2ccc(Br)cc2)c1. The van der Waals surface area contributed by atoms with Crippen LogP contribution in [0.3, 0.4) is 0 Å². The third-order valence-corrected chi connectivity index (χ3v) is 6.47. The van der Waals surface area contributed by atoms with E-state index < -0.39 is 0 Å². The molecule has 1 heterocycles. The van der Waals surface area contributed by atoms with Gasteiger partial charge in [0.15, 0.2) is 5.16 Å². The van der Waals surface area contributed by atoms with Crippen LogP contribution in [0, 0.1) is 0 Å². The molecule has 7 nitrogen and oxygen atoms in total. The van der Waals surface area contributed by atoms with E-state index in [1.807, 2.05) is 54.6 Å². The van der Waals surface area contributed by atoms with Crippen molar-refractivity contribution in [1.29, 1.82) is 0 Å². The van der Waals surface area contributed by atoms with E-state index in [0.717, 1.165) is 10.0 Å². The van der Waals surface area contributed by atoms with E-state index in [1.54, 1.807) is 32.2 Å². The van der Waals surface area contributed by atoms with Gasteiger partial charge in [-0.15, -0.1) is 0 Å². The number of carbonyl (C=O) groups is 1. The molecule has 34 heavy (non-hydrogen) atoms. The van der Waals surface area contributed by atoms with Crippen LogP contribution in [0.25, 0.3) is 16.6 Å². The monoisotopic (exact) mass is 536 g/mol. The lowest BCUT2D eigenvalue weighted by molar-refractivity contribution is -0.118. The fourth-order valence-corrected chi connectivity index (χ4v) is 4.32. The van der Waals surface area contributed by atoms with Gasteiger partial charge in [-0.2, -0.15) is 5.10 Å². The van der Waals surface area contributed by atoms with Crippen molar-refractivity contribution in [3.8, 4) is 11.4 Å². The summed E-state index contributed by atoms with van der Waals surface area (Å²) in [6.45, 7) is 1.80. The van der Waals surface area contributed by atoms with E-state index in [-0.39, 0.29) is 17.2 Å². The molecule has 4 aromatic rings. The lowest BCUT2D eigenvalue weighted by atomic mass is 10.1. The third-order valence-electron chi connectivity index (χ3n) is 5.00. The second kappa shape index (κ2) is 10.7. The van der Waals surface area contributed by atoms with Crippen molar-refractivity contribution in [3.05, 3.63) is 93.2 Å². The summed E-state index contributed by atoms with van der Waals surface area (Å²) in [5.74, 6) is 0.440. The Morgan fingerprint density at radius 1 is 1.12 bits per heavy atom. The van der Waals surface area contributed by atoms with E-state index in [2.05, 4.69) is 31.4 Å². The summed E-state index contributed by atoms with van der Waals surface area (Å²) in [5, 5.41) is 5.13. The Balaban J connectivity index is 1.56. The predicted molar refractivity (Wildman–Crippen MR) is 139 cm³/mol. The van der Waals surface area contributed by atoms with Gasteiger partial charge < -0.3 is 4.74 Å². The number of hydrogen-bond donors (Lipinski definition) is 1. The summed E-state index contributed by atoms with van der Waals surface area (Å²) >= 11 is 4.59. The lowest BCUT2D eigenvalue weighted by Crippen LogP contribution is -2.24. The number of halogens is 1. The molecule has 0 radical (unpaired) electrons. The number of hydrazone groups is 1. The second-order valence-electron chi connectivity index (χ2n) is 7.28.